The Bertz CT molecular complexity index is 2360. The minimum atomic E-state index is -4.84. The molecule has 1 heterocycles. The number of aryl methyl sites for hydroxylation is 1. The lowest BCUT2D eigenvalue weighted by Gasteiger charge is -2.16. The van der Waals surface area contributed by atoms with Crippen molar-refractivity contribution in [2.75, 3.05) is 32.0 Å². The van der Waals surface area contributed by atoms with E-state index in [0.717, 1.165) is 34.2 Å². The van der Waals surface area contributed by atoms with Crippen molar-refractivity contribution in [3.8, 4) is 39.5 Å². The van der Waals surface area contributed by atoms with E-state index in [1.54, 1.807) is 46.3 Å². The Morgan fingerprint density at radius 1 is 0.632 bits per heavy atom. The second kappa shape index (κ2) is 17.6. The monoisotopic (exact) mass is 808 g/mol. The first-order chi connectivity index (χ1) is 27.0. The van der Waals surface area contributed by atoms with Gasteiger partial charge < -0.3 is 24.8 Å². The Morgan fingerprint density at radius 2 is 1.23 bits per heavy atom. The number of hydrogen-bond donors (Lipinski definition) is 2. The number of halogens is 6. The number of ether oxygens (including phenoxy) is 3. The topological polar surface area (TPSA) is 112 Å². The molecule has 0 aliphatic heterocycles. The highest BCUT2D eigenvalue weighted by Crippen LogP contribution is 2.41. The van der Waals surface area contributed by atoms with Crippen molar-refractivity contribution in [2.24, 2.45) is 0 Å². The Balaban J connectivity index is 0.000000224. The van der Waals surface area contributed by atoms with Gasteiger partial charge in [0.2, 0.25) is 0 Å². The average molecular weight is 809 g/mol. The molecule has 0 atom stereocenters. The lowest BCUT2D eigenvalue weighted by atomic mass is 9.96. The van der Waals surface area contributed by atoms with Crippen LogP contribution in [0.1, 0.15) is 42.4 Å². The van der Waals surface area contributed by atoms with E-state index >= 15 is 0 Å². The van der Waals surface area contributed by atoms with Gasteiger partial charge in [-0.3, -0.25) is 9.59 Å². The molecule has 0 aliphatic carbocycles. The molecular formula is C41H34F6N4O5S. The van der Waals surface area contributed by atoms with Crippen LogP contribution in [0.15, 0.2) is 103 Å². The number of anilines is 2. The molecule has 296 valence electrons. The molecule has 0 unspecified atom stereocenters. The van der Waals surface area contributed by atoms with E-state index in [9.17, 15) is 35.9 Å². The Kier molecular flexibility index (Phi) is 12.9. The predicted molar refractivity (Wildman–Crippen MR) is 205 cm³/mol. The maximum absolute atomic E-state index is 13.4. The number of nitrogens with one attached hydrogen (secondary N) is 2. The van der Waals surface area contributed by atoms with Crippen molar-refractivity contribution in [2.45, 2.75) is 26.2 Å². The number of alkyl halides is 6. The number of aromatic nitrogens is 2. The SMILES string of the molecule is COc1ccc(OC)c(-c2ccc(NC(=O)c3snnc3C)cc2)c1.COc1cccc(C(=O)Nc2ccc(-c3cc(C(F)(F)F)ccc3C(F)(F)F)cc2)c1C. The highest BCUT2D eigenvalue weighted by atomic mass is 32.1. The van der Waals surface area contributed by atoms with E-state index in [4.69, 9.17) is 14.2 Å². The third-order valence-electron chi connectivity index (χ3n) is 8.57. The van der Waals surface area contributed by atoms with E-state index in [-0.39, 0.29) is 17.2 Å². The third-order valence-corrected chi connectivity index (χ3v) is 9.40. The van der Waals surface area contributed by atoms with Crippen LogP contribution < -0.4 is 24.8 Å². The molecule has 0 aliphatic rings. The Labute approximate surface area is 327 Å². The molecule has 6 rings (SSSR count). The average Bonchev–Trinajstić information content (AvgIpc) is 3.63. The zero-order valence-electron chi connectivity index (χ0n) is 30.9. The van der Waals surface area contributed by atoms with Gasteiger partial charge in [-0.25, -0.2) is 0 Å². The van der Waals surface area contributed by atoms with E-state index in [1.165, 1.54) is 31.4 Å². The molecule has 0 fully saturated rings. The van der Waals surface area contributed by atoms with Gasteiger partial charge in [-0.05, 0) is 115 Å². The van der Waals surface area contributed by atoms with Gasteiger partial charge in [-0.1, -0.05) is 34.8 Å². The van der Waals surface area contributed by atoms with Crippen LogP contribution in [0.5, 0.6) is 17.2 Å². The highest BCUT2D eigenvalue weighted by Gasteiger charge is 2.37. The van der Waals surface area contributed by atoms with Crippen LogP contribution in [0.2, 0.25) is 0 Å². The number of carbonyl (C=O) groups excluding carboxylic acids is 2. The number of amides is 2. The lowest BCUT2D eigenvalue weighted by molar-refractivity contribution is -0.141. The van der Waals surface area contributed by atoms with Crippen molar-refractivity contribution in [1.29, 1.82) is 0 Å². The van der Waals surface area contributed by atoms with Gasteiger partial charge in [0, 0.05) is 28.1 Å². The van der Waals surface area contributed by atoms with Gasteiger partial charge in [0.05, 0.1) is 38.2 Å². The minimum absolute atomic E-state index is 0.0704. The van der Waals surface area contributed by atoms with Crippen molar-refractivity contribution < 1.29 is 50.1 Å². The number of methoxy groups -OCH3 is 3. The fourth-order valence-corrected chi connectivity index (χ4v) is 6.17. The smallest absolute Gasteiger partial charge is 0.417 e. The van der Waals surface area contributed by atoms with Crippen molar-refractivity contribution in [3.63, 3.8) is 0 Å². The summed E-state index contributed by atoms with van der Waals surface area (Å²) in [5.74, 6) is 1.34. The Morgan fingerprint density at radius 3 is 1.75 bits per heavy atom. The summed E-state index contributed by atoms with van der Waals surface area (Å²) in [6.45, 7) is 3.46. The molecule has 0 bridgehead atoms. The Hall–Kier alpha value is -6.42. The highest BCUT2D eigenvalue weighted by molar-refractivity contribution is 7.08. The van der Waals surface area contributed by atoms with Crippen molar-refractivity contribution in [3.05, 3.63) is 136 Å². The molecule has 2 amide bonds. The summed E-state index contributed by atoms with van der Waals surface area (Å²) in [5, 5.41) is 9.31. The van der Waals surface area contributed by atoms with Crippen LogP contribution in [-0.4, -0.2) is 42.7 Å². The van der Waals surface area contributed by atoms with E-state index in [2.05, 4.69) is 20.2 Å². The van der Waals surface area contributed by atoms with Crippen LogP contribution in [0.3, 0.4) is 0 Å². The summed E-state index contributed by atoms with van der Waals surface area (Å²) in [6.07, 6.45) is -9.63. The lowest BCUT2D eigenvalue weighted by Crippen LogP contribution is -2.14. The molecule has 6 aromatic rings. The van der Waals surface area contributed by atoms with Gasteiger partial charge in [0.1, 0.15) is 22.1 Å². The first-order valence-corrected chi connectivity index (χ1v) is 17.6. The molecule has 5 aromatic carbocycles. The van der Waals surface area contributed by atoms with Crippen molar-refractivity contribution in [1.82, 2.24) is 9.59 Å². The minimum Gasteiger partial charge on any atom is -0.497 e. The van der Waals surface area contributed by atoms with Crippen LogP contribution >= 0.6 is 11.5 Å². The zero-order chi connectivity index (χ0) is 41.5. The number of carbonyl (C=O) groups is 2. The third kappa shape index (κ3) is 10.1. The molecule has 9 nitrogen and oxygen atoms in total. The molecule has 1 aromatic heterocycles. The number of hydrogen-bond acceptors (Lipinski definition) is 8. The normalized spacial score (nSPS) is 11.2. The molecule has 0 saturated carbocycles. The molecular weight excluding hydrogens is 775 g/mol. The van der Waals surface area contributed by atoms with Crippen molar-refractivity contribution >= 4 is 34.7 Å². The van der Waals surface area contributed by atoms with Crippen LogP contribution in [0.4, 0.5) is 37.7 Å². The summed E-state index contributed by atoms with van der Waals surface area (Å²) < 4.78 is 98.8. The van der Waals surface area contributed by atoms with Gasteiger partial charge in [-0.15, -0.1) is 5.10 Å². The second-order valence-corrected chi connectivity index (χ2v) is 13.0. The number of benzene rings is 5. The summed E-state index contributed by atoms with van der Waals surface area (Å²) in [7, 11) is 4.72. The summed E-state index contributed by atoms with van der Waals surface area (Å²) >= 11 is 1.08. The van der Waals surface area contributed by atoms with Crippen LogP contribution in [-0.2, 0) is 12.4 Å². The maximum Gasteiger partial charge on any atom is 0.417 e. The molecule has 57 heavy (non-hydrogen) atoms. The largest absolute Gasteiger partial charge is 0.497 e. The molecule has 2 N–H and O–H groups in total. The molecule has 0 radical (unpaired) electrons. The summed E-state index contributed by atoms with van der Waals surface area (Å²) in [6, 6.07) is 24.4. The van der Waals surface area contributed by atoms with E-state index in [0.29, 0.717) is 51.3 Å². The fraction of sp³-hybridized carbons (Fsp3) is 0.171. The zero-order valence-corrected chi connectivity index (χ0v) is 31.7. The molecule has 0 saturated heterocycles. The molecule has 16 heteroatoms. The number of nitrogens with zero attached hydrogens (tertiary/aromatic N) is 2. The quantitative estimate of drug-likeness (QED) is 0.140. The van der Waals surface area contributed by atoms with Crippen LogP contribution in [0, 0.1) is 13.8 Å². The first-order valence-electron chi connectivity index (χ1n) is 16.8. The van der Waals surface area contributed by atoms with Gasteiger partial charge in [0.25, 0.3) is 11.8 Å². The molecule has 0 spiro atoms. The second-order valence-electron chi connectivity index (χ2n) is 12.2. The summed E-state index contributed by atoms with van der Waals surface area (Å²) in [5.41, 5.74) is 1.36. The van der Waals surface area contributed by atoms with Gasteiger partial charge in [0.15, 0.2) is 0 Å². The maximum atomic E-state index is 13.4. The van der Waals surface area contributed by atoms with E-state index in [1.807, 2.05) is 42.5 Å². The fourth-order valence-electron chi connectivity index (χ4n) is 5.62. The first kappa shape index (κ1) is 41.7. The summed E-state index contributed by atoms with van der Waals surface area (Å²) in [4.78, 5) is 25.3. The van der Waals surface area contributed by atoms with E-state index < -0.39 is 35.0 Å². The predicted octanol–water partition coefficient (Wildman–Crippen LogP) is 10.7. The number of rotatable bonds is 9. The standard InChI is InChI=1S/C23H17F6NO2.C18H17N3O3S/c1-13-17(4-3-5-20(13)32-2)21(31)30-16-9-6-14(7-10-16)18-12-15(22(24,25)26)8-11-19(18)23(27,28)29;1-11-17(25-21-20-11)18(22)19-13-6-4-12(5-7-13)15-10-14(23-2)8-9-16(15)24-3/h3-12H,1-2H3,(H,30,31);4-10H,1-3H3,(H,19,22). The van der Waals surface area contributed by atoms with Gasteiger partial charge >= 0.3 is 12.4 Å². The van der Waals surface area contributed by atoms with Crippen LogP contribution in [0.25, 0.3) is 22.3 Å². The van der Waals surface area contributed by atoms with Gasteiger partial charge in [-0.2, -0.15) is 26.3 Å².